The van der Waals surface area contributed by atoms with Crippen LogP contribution in [0.1, 0.15) is 10.4 Å². The summed E-state index contributed by atoms with van der Waals surface area (Å²) in [6.45, 7) is -0.161. The average Bonchev–Trinajstić information content (AvgIpc) is 2.90. The van der Waals surface area contributed by atoms with Crippen molar-refractivity contribution in [2.45, 2.75) is 6.54 Å². The van der Waals surface area contributed by atoms with Crippen molar-refractivity contribution in [3.8, 4) is 0 Å². The number of amides is 1. The maximum Gasteiger partial charge on any atom is 0.327 e. The van der Waals surface area contributed by atoms with E-state index in [9.17, 15) is 22.8 Å². The van der Waals surface area contributed by atoms with Crippen molar-refractivity contribution in [3.05, 3.63) is 47.4 Å². The summed E-state index contributed by atoms with van der Waals surface area (Å²) in [4.78, 5) is 22.9. The number of ether oxygens (including phenoxy) is 1. The molecule has 2 aromatic rings. The van der Waals surface area contributed by atoms with Gasteiger partial charge >= 0.3 is 5.97 Å². The molecule has 0 saturated heterocycles. The Balaban J connectivity index is 2.11. The minimum atomic E-state index is -1.65. The highest BCUT2D eigenvalue weighted by molar-refractivity contribution is 6.03. The fourth-order valence-electron chi connectivity index (χ4n) is 1.59. The van der Waals surface area contributed by atoms with Gasteiger partial charge in [-0.05, 0) is 12.1 Å². The largest absolute Gasteiger partial charge is 0.468 e. The molecule has 0 aliphatic carbocycles. The first-order valence-electron chi connectivity index (χ1n) is 5.97. The molecule has 0 atom stereocenters. The van der Waals surface area contributed by atoms with Gasteiger partial charge in [-0.2, -0.15) is 5.10 Å². The minimum Gasteiger partial charge on any atom is -0.468 e. The molecular formula is C13H10F3N3O3. The number of carbonyl (C=O) groups excluding carboxylic acids is 2. The van der Waals surface area contributed by atoms with E-state index >= 15 is 0 Å². The second-order valence-electron chi connectivity index (χ2n) is 4.18. The van der Waals surface area contributed by atoms with Crippen LogP contribution in [-0.4, -0.2) is 28.8 Å². The van der Waals surface area contributed by atoms with Crippen LogP contribution in [0.3, 0.4) is 0 Å². The van der Waals surface area contributed by atoms with Crippen LogP contribution in [0.2, 0.25) is 0 Å². The fraction of sp³-hybridized carbons (Fsp3) is 0.154. The minimum absolute atomic E-state index is 0.0547. The summed E-state index contributed by atoms with van der Waals surface area (Å²) >= 11 is 0. The highest BCUT2D eigenvalue weighted by Gasteiger charge is 2.16. The Morgan fingerprint density at radius 2 is 1.91 bits per heavy atom. The maximum absolute atomic E-state index is 13.1. The molecule has 0 saturated carbocycles. The van der Waals surface area contributed by atoms with Gasteiger partial charge in [0.05, 0.1) is 7.11 Å². The molecule has 1 heterocycles. The molecule has 0 aliphatic rings. The van der Waals surface area contributed by atoms with Crippen LogP contribution in [0.5, 0.6) is 0 Å². The number of anilines is 1. The van der Waals surface area contributed by atoms with E-state index < -0.39 is 34.9 Å². The van der Waals surface area contributed by atoms with Crippen molar-refractivity contribution in [2.75, 3.05) is 12.4 Å². The number of carbonyl (C=O) groups is 2. The van der Waals surface area contributed by atoms with Gasteiger partial charge < -0.3 is 10.1 Å². The van der Waals surface area contributed by atoms with Gasteiger partial charge in [-0.3, -0.25) is 14.3 Å². The van der Waals surface area contributed by atoms with Gasteiger partial charge in [0.1, 0.15) is 6.54 Å². The summed E-state index contributed by atoms with van der Waals surface area (Å²) in [5, 5.41) is 6.11. The van der Waals surface area contributed by atoms with Crippen molar-refractivity contribution in [3.63, 3.8) is 0 Å². The Morgan fingerprint density at radius 3 is 2.50 bits per heavy atom. The lowest BCUT2D eigenvalue weighted by molar-refractivity contribution is -0.141. The monoisotopic (exact) mass is 313 g/mol. The smallest absolute Gasteiger partial charge is 0.327 e. The summed E-state index contributed by atoms with van der Waals surface area (Å²) in [6.07, 6.45) is 1.40. The summed E-state index contributed by atoms with van der Waals surface area (Å²) in [5.41, 5.74) is -0.404. The number of aromatic nitrogens is 2. The third-order valence-corrected chi connectivity index (χ3v) is 2.65. The van der Waals surface area contributed by atoms with Crippen LogP contribution < -0.4 is 5.32 Å². The zero-order valence-electron chi connectivity index (χ0n) is 11.3. The van der Waals surface area contributed by atoms with Gasteiger partial charge in [0.25, 0.3) is 5.91 Å². The van der Waals surface area contributed by atoms with Crippen molar-refractivity contribution in [1.82, 2.24) is 9.78 Å². The van der Waals surface area contributed by atoms with E-state index in [-0.39, 0.29) is 12.4 Å². The zero-order chi connectivity index (χ0) is 16.3. The third kappa shape index (κ3) is 3.43. The average molecular weight is 313 g/mol. The van der Waals surface area contributed by atoms with Gasteiger partial charge in [-0.25, -0.2) is 13.2 Å². The number of rotatable bonds is 4. The summed E-state index contributed by atoms with van der Waals surface area (Å²) in [7, 11) is 1.21. The van der Waals surface area contributed by atoms with Crippen molar-refractivity contribution in [1.29, 1.82) is 0 Å². The van der Waals surface area contributed by atoms with E-state index in [1.807, 2.05) is 0 Å². The van der Waals surface area contributed by atoms with Gasteiger partial charge in [0.2, 0.25) is 0 Å². The van der Waals surface area contributed by atoms with Crippen molar-refractivity contribution in [2.24, 2.45) is 0 Å². The Labute approximate surface area is 122 Å². The predicted molar refractivity (Wildman–Crippen MR) is 68.5 cm³/mol. The van der Waals surface area contributed by atoms with Crippen LogP contribution in [-0.2, 0) is 16.1 Å². The molecule has 0 unspecified atom stereocenters. The zero-order valence-corrected chi connectivity index (χ0v) is 11.3. The molecule has 0 aliphatic heterocycles. The first kappa shape index (κ1) is 15.5. The Bertz CT molecular complexity index is 707. The van der Waals surface area contributed by atoms with Crippen molar-refractivity contribution >= 4 is 17.7 Å². The molecule has 22 heavy (non-hydrogen) atoms. The number of nitrogens with zero attached hydrogens (tertiary/aromatic N) is 2. The van der Waals surface area contributed by atoms with Crippen LogP contribution >= 0.6 is 0 Å². The molecular weight excluding hydrogens is 303 g/mol. The van der Waals surface area contributed by atoms with E-state index in [0.717, 1.165) is 0 Å². The Kier molecular flexibility index (Phi) is 4.44. The number of hydrogen-bond donors (Lipinski definition) is 1. The highest BCUT2D eigenvalue weighted by Crippen LogP contribution is 2.15. The standard InChI is InChI=1S/C13H10F3N3O3/c1-22-11(20)6-19-3-2-10(18-19)17-13(21)7-4-8(14)12(16)9(15)5-7/h2-5H,6H2,1H3,(H,17,18,21). The first-order chi connectivity index (χ1) is 10.4. The number of hydrogen-bond acceptors (Lipinski definition) is 4. The second kappa shape index (κ2) is 6.29. The topological polar surface area (TPSA) is 73.2 Å². The van der Waals surface area contributed by atoms with Gasteiger partial charge in [0, 0.05) is 17.8 Å². The van der Waals surface area contributed by atoms with E-state index in [2.05, 4.69) is 15.2 Å². The van der Waals surface area contributed by atoms with E-state index in [4.69, 9.17) is 0 Å². The number of esters is 1. The lowest BCUT2D eigenvalue weighted by Gasteiger charge is -2.04. The van der Waals surface area contributed by atoms with Crippen LogP contribution in [0.25, 0.3) is 0 Å². The molecule has 1 aromatic carbocycles. The van der Waals surface area contributed by atoms with E-state index in [0.29, 0.717) is 12.1 Å². The Morgan fingerprint density at radius 1 is 1.27 bits per heavy atom. The van der Waals surface area contributed by atoms with E-state index in [1.54, 1.807) is 0 Å². The van der Waals surface area contributed by atoms with Gasteiger partial charge in [-0.15, -0.1) is 0 Å². The molecule has 1 aromatic heterocycles. The number of nitrogens with one attached hydrogen (secondary N) is 1. The molecule has 0 radical (unpaired) electrons. The number of methoxy groups -OCH3 is 1. The molecule has 2 rings (SSSR count). The number of benzene rings is 1. The Hall–Kier alpha value is -2.84. The molecule has 1 N–H and O–H groups in total. The van der Waals surface area contributed by atoms with Crippen LogP contribution in [0, 0.1) is 17.5 Å². The predicted octanol–water partition coefficient (Wildman–Crippen LogP) is 1.73. The normalized spacial score (nSPS) is 10.4. The molecule has 9 heteroatoms. The summed E-state index contributed by atoms with van der Waals surface area (Å²) in [5.74, 6) is -5.95. The fourth-order valence-corrected chi connectivity index (χ4v) is 1.59. The lowest BCUT2D eigenvalue weighted by Crippen LogP contribution is -2.15. The van der Waals surface area contributed by atoms with Gasteiger partial charge in [0.15, 0.2) is 23.3 Å². The first-order valence-corrected chi connectivity index (χ1v) is 5.97. The molecule has 0 fully saturated rings. The quantitative estimate of drug-likeness (QED) is 0.689. The van der Waals surface area contributed by atoms with E-state index in [1.165, 1.54) is 24.1 Å². The SMILES string of the molecule is COC(=O)Cn1ccc(NC(=O)c2cc(F)c(F)c(F)c2)n1. The lowest BCUT2D eigenvalue weighted by atomic mass is 10.2. The third-order valence-electron chi connectivity index (χ3n) is 2.65. The molecule has 1 amide bonds. The molecule has 116 valence electrons. The molecule has 6 nitrogen and oxygen atoms in total. The number of halogens is 3. The van der Waals surface area contributed by atoms with Crippen molar-refractivity contribution < 1.29 is 27.5 Å². The molecule has 0 bridgehead atoms. The van der Waals surface area contributed by atoms with Gasteiger partial charge in [-0.1, -0.05) is 0 Å². The maximum atomic E-state index is 13.1. The summed E-state index contributed by atoms with van der Waals surface area (Å²) < 4.78 is 44.6. The summed E-state index contributed by atoms with van der Waals surface area (Å²) in [6, 6.07) is 2.51. The highest BCUT2D eigenvalue weighted by atomic mass is 19.2. The van der Waals surface area contributed by atoms with Crippen LogP contribution in [0.15, 0.2) is 24.4 Å². The second-order valence-corrected chi connectivity index (χ2v) is 4.18. The molecule has 0 spiro atoms. The van der Waals surface area contributed by atoms with Crippen LogP contribution in [0.4, 0.5) is 19.0 Å².